The molecule has 98 valence electrons. The number of halogens is 2. The first kappa shape index (κ1) is 14.1. The van der Waals surface area contributed by atoms with E-state index >= 15 is 0 Å². The summed E-state index contributed by atoms with van der Waals surface area (Å²) in [6, 6.07) is 15.0. The standard InChI is InChI=1S/C15H13BrClNO/c1-10(11-5-3-2-4-6-11)15(19)18-14-9-12(17)7-8-13(14)16/h2-10H,1H3,(H,18,19). The summed E-state index contributed by atoms with van der Waals surface area (Å²) in [4.78, 5) is 12.2. The molecule has 0 aliphatic rings. The number of carbonyl (C=O) groups excluding carboxylic acids is 1. The normalized spacial score (nSPS) is 11.9. The van der Waals surface area contributed by atoms with Crippen LogP contribution in [0.5, 0.6) is 0 Å². The number of benzene rings is 2. The number of hydrogen-bond acceptors (Lipinski definition) is 1. The van der Waals surface area contributed by atoms with Crippen LogP contribution in [0.25, 0.3) is 0 Å². The molecule has 0 aliphatic heterocycles. The molecule has 0 saturated carbocycles. The van der Waals surface area contributed by atoms with Crippen molar-refractivity contribution in [2.75, 3.05) is 5.32 Å². The Hall–Kier alpha value is -1.32. The molecular weight excluding hydrogens is 326 g/mol. The largest absolute Gasteiger partial charge is 0.324 e. The smallest absolute Gasteiger partial charge is 0.231 e. The van der Waals surface area contributed by atoms with Gasteiger partial charge >= 0.3 is 0 Å². The molecule has 0 radical (unpaired) electrons. The topological polar surface area (TPSA) is 29.1 Å². The Labute approximate surface area is 125 Å². The molecule has 0 aromatic heterocycles. The van der Waals surface area contributed by atoms with Gasteiger partial charge in [-0.25, -0.2) is 0 Å². The van der Waals surface area contributed by atoms with E-state index in [1.54, 1.807) is 12.1 Å². The van der Waals surface area contributed by atoms with Crippen LogP contribution >= 0.6 is 27.5 Å². The van der Waals surface area contributed by atoms with Gasteiger partial charge < -0.3 is 5.32 Å². The van der Waals surface area contributed by atoms with Crippen molar-refractivity contribution in [1.82, 2.24) is 0 Å². The second-order valence-corrected chi connectivity index (χ2v) is 5.54. The van der Waals surface area contributed by atoms with Crippen LogP contribution in [0.2, 0.25) is 5.02 Å². The maximum Gasteiger partial charge on any atom is 0.231 e. The Bertz CT molecular complexity index is 586. The van der Waals surface area contributed by atoms with E-state index in [1.165, 1.54) is 0 Å². The van der Waals surface area contributed by atoms with E-state index in [0.29, 0.717) is 10.7 Å². The van der Waals surface area contributed by atoms with Crippen LogP contribution in [0, 0.1) is 0 Å². The lowest BCUT2D eigenvalue weighted by molar-refractivity contribution is -0.117. The minimum atomic E-state index is -0.216. The fourth-order valence-corrected chi connectivity index (χ4v) is 2.25. The third-order valence-corrected chi connectivity index (χ3v) is 3.81. The summed E-state index contributed by atoms with van der Waals surface area (Å²) >= 11 is 9.32. The van der Waals surface area contributed by atoms with Gasteiger partial charge in [0.25, 0.3) is 0 Å². The third-order valence-electron chi connectivity index (χ3n) is 2.88. The highest BCUT2D eigenvalue weighted by Crippen LogP contribution is 2.27. The maximum absolute atomic E-state index is 12.2. The molecule has 1 amide bonds. The molecule has 19 heavy (non-hydrogen) atoms. The molecule has 4 heteroatoms. The van der Waals surface area contributed by atoms with E-state index in [9.17, 15) is 4.79 Å². The Balaban J connectivity index is 2.15. The minimum Gasteiger partial charge on any atom is -0.324 e. The van der Waals surface area contributed by atoms with E-state index in [2.05, 4.69) is 21.2 Å². The van der Waals surface area contributed by atoms with Gasteiger partial charge in [0.2, 0.25) is 5.91 Å². The van der Waals surface area contributed by atoms with E-state index < -0.39 is 0 Å². The number of rotatable bonds is 3. The molecule has 1 atom stereocenters. The zero-order chi connectivity index (χ0) is 13.8. The lowest BCUT2D eigenvalue weighted by Crippen LogP contribution is -2.19. The molecule has 2 aromatic rings. The molecule has 0 bridgehead atoms. The lowest BCUT2D eigenvalue weighted by atomic mass is 10.0. The predicted octanol–water partition coefficient (Wildman–Crippen LogP) is 4.84. The molecule has 0 fully saturated rings. The van der Waals surface area contributed by atoms with Crippen molar-refractivity contribution in [2.24, 2.45) is 0 Å². The third kappa shape index (κ3) is 3.58. The SMILES string of the molecule is CC(C(=O)Nc1cc(Cl)ccc1Br)c1ccccc1. The Kier molecular flexibility index (Phi) is 4.61. The summed E-state index contributed by atoms with van der Waals surface area (Å²) in [5.41, 5.74) is 1.67. The lowest BCUT2D eigenvalue weighted by Gasteiger charge is -2.13. The van der Waals surface area contributed by atoms with Gasteiger partial charge in [-0.3, -0.25) is 4.79 Å². The van der Waals surface area contributed by atoms with Crippen LogP contribution < -0.4 is 5.32 Å². The van der Waals surface area contributed by atoms with Crippen LogP contribution in [-0.4, -0.2) is 5.91 Å². The van der Waals surface area contributed by atoms with Crippen LogP contribution in [0.4, 0.5) is 5.69 Å². The molecule has 1 unspecified atom stereocenters. The summed E-state index contributed by atoms with van der Waals surface area (Å²) in [7, 11) is 0. The van der Waals surface area contributed by atoms with Crippen molar-refractivity contribution in [1.29, 1.82) is 0 Å². The van der Waals surface area contributed by atoms with Gasteiger partial charge in [-0.2, -0.15) is 0 Å². The van der Waals surface area contributed by atoms with Crippen molar-refractivity contribution in [3.05, 3.63) is 63.6 Å². The number of nitrogens with one attached hydrogen (secondary N) is 1. The number of carbonyl (C=O) groups is 1. The predicted molar refractivity (Wildman–Crippen MR) is 82.6 cm³/mol. The summed E-state index contributed by atoms with van der Waals surface area (Å²) in [5.74, 6) is -0.277. The fraction of sp³-hybridized carbons (Fsp3) is 0.133. The Morgan fingerprint density at radius 1 is 1.21 bits per heavy atom. The van der Waals surface area contributed by atoms with Crippen LogP contribution in [0.3, 0.4) is 0 Å². The summed E-state index contributed by atoms with van der Waals surface area (Å²) < 4.78 is 0.811. The summed E-state index contributed by atoms with van der Waals surface area (Å²) in [5, 5.41) is 3.47. The van der Waals surface area contributed by atoms with Crippen LogP contribution in [0.15, 0.2) is 53.0 Å². The van der Waals surface area contributed by atoms with E-state index in [4.69, 9.17) is 11.6 Å². The minimum absolute atomic E-state index is 0.0610. The maximum atomic E-state index is 12.2. The molecule has 1 N–H and O–H groups in total. The van der Waals surface area contributed by atoms with Crippen molar-refractivity contribution in [3.8, 4) is 0 Å². The van der Waals surface area contributed by atoms with Gasteiger partial charge in [0.1, 0.15) is 0 Å². The van der Waals surface area contributed by atoms with Crippen molar-refractivity contribution >= 4 is 39.1 Å². The summed E-state index contributed by atoms with van der Waals surface area (Å²) in [6.07, 6.45) is 0. The molecule has 0 saturated heterocycles. The molecule has 0 spiro atoms. The highest BCUT2D eigenvalue weighted by molar-refractivity contribution is 9.10. The van der Waals surface area contributed by atoms with E-state index in [-0.39, 0.29) is 11.8 Å². The molecule has 2 nitrogen and oxygen atoms in total. The first-order valence-corrected chi connectivity index (χ1v) is 7.06. The highest BCUT2D eigenvalue weighted by Gasteiger charge is 2.16. The van der Waals surface area contributed by atoms with Crippen molar-refractivity contribution in [3.63, 3.8) is 0 Å². The zero-order valence-electron chi connectivity index (χ0n) is 10.4. The quantitative estimate of drug-likeness (QED) is 0.852. The molecule has 0 aliphatic carbocycles. The number of anilines is 1. The second kappa shape index (κ2) is 6.22. The van der Waals surface area contributed by atoms with Gasteiger partial charge in [-0.05, 0) is 46.6 Å². The molecule has 0 heterocycles. The van der Waals surface area contributed by atoms with Gasteiger partial charge in [-0.15, -0.1) is 0 Å². The zero-order valence-corrected chi connectivity index (χ0v) is 12.7. The van der Waals surface area contributed by atoms with Crippen molar-refractivity contribution in [2.45, 2.75) is 12.8 Å². The Morgan fingerprint density at radius 3 is 2.58 bits per heavy atom. The monoisotopic (exact) mass is 337 g/mol. The first-order chi connectivity index (χ1) is 9.08. The number of hydrogen-bond donors (Lipinski definition) is 1. The van der Waals surface area contributed by atoms with Gasteiger partial charge in [0.05, 0.1) is 11.6 Å². The average molecular weight is 339 g/mol. The van der Waals surface area contributed by atoms with Crippen LogP contribution in [-0.2, 0) is 4.79 Å². The highest BCUT2D eigenvalue weighted by atomic mass is 79.9. The molecule has 2 rings (SSSR count). The Morgan fingerprint density at radius 2 is 1.89 bits per heavy atom. The van der Waals surface area contributed by atoms with E-state index in [0.717, 1.165) is 10.0 Å². The molecular formula is C15H13BrClNO. The van der Waals surface area contributed by atoms with Crippen LogP contribution in [0.1, 0.15) is 18.4 Å². The second-order valence-electron chi connectivity index (χ2n) is 4.25. The number of amides is 1. The first-order valence-electron chi connectivity index (χ1n) is 5.89. The fourth-order valence-electron chi connectivity index (χ4n) is 1.73. The molecule has 2 aromatic carbocycles. The van der Waals surface area contributed by atoms with Gasteiger partial charge in [0, 0.05) is 9.50 Å². The van der Waals surface area contributed by atoms with E-state index in [1.807, 2.05) is 43.3 Å². The summed E-state index contributed by atoms with van der Waals surface area (Å²) in [6.45, 7) is 1.88. The van der Waals surface area contributed by atoms with Gasteiger partial charge in [0.15, 0.2) is 0 Å². The average Bonchev–Trinajstić information content (AvgIpc) is 2.43. The van der Waals surface area contributed by atoms with Crippen molar-refractivity contribution < 1.29 is 4.79 Å². The van der Waals surface area contributed by atoms with Gasteiger partial charge in [-0.1, -0.05) is 41.9 Å².